The highest BCUT2D eigenvalue weighted by molar-refractivity contribution is 7.90. The van der Waals surface area contributed by atoms with Gasteiger partial charge in [0.15, 0.2) is 0 Å². The molecule has 1 aliphatic carbocycles. The maximum Gasteiger partial charge on any atom is 0.416 e. The third-order valence-electron chi connectivity index (χ3n) is 5.47. The lowest BCUT2D eigenvalue weighted by molar-refractivity contribution is -0.143. The van der Waals surface area contributed by atoms with Gasteiger partial charge in [0.05, 0.1) is 16.0 Å². The van der Waals surface area contributed by atoms with E-state index in [1.54, 1.807) is 25.5 Å². The van der Waals surface area contributed by atoms with Crippen molar-refractivity contribution >= 4 is 22.0 Å². The molecule has 0 saturated heterocycles. The maximum absolute atomic E-state index is 13.0. The van der Waals surface area contributed by atoms with Gasteiger partial charge in [-0.2, -0.15) is 26.3 Å². The number of alkyl halides is 6. The second kappa shape index (κ2) is 10.9. The number of halogens is 6. The Hall–Kier alpha value is -2.51. The average molecular weight is 547 g/mol. The van der Waals surface area contributed by atoms with Gasteiger partial charge in [-0.15, -0.1) is 0 Å². The van der Waals surface area contributed by atoms with Crippen molar-refractivity contribution in [3.63, 3.8) is 0 Å². The minimum absolute atomic E-state index is 0.0283. The van der Waals surface area contributed by atoms with E-state index in [4.69, 9.17) is 4.74 Å². The number of hydrogen-bond donors (Lipinski definition) is 2. The van der Waals surface area contributed by atoms with Crippen LogP contribution in [0, 0.1) is 5.92 Å². The molecule has 1 saturated carbocycles. The van der Waals surface area contributed by atoms with E-state index in [1.807, 2.05) is 0 Å². The molecular formula is C22H28F6N2O5S. The highest BCUT2D eigenvalue weighted by Gasteiger charge is 2.38. The summed E-state index contributed by atoms with van der Waals surface area (Å²) in [5, 5.41) is 2.76. The number of hydrogen-bond acceptors (Lipinski definition) is 5. The first-order valence-electron chi connectivity index (χ1n) is 11.1. The van der Waals surface area contributed by atoms with Crippen molar-refractivity contribution in [2.75, 3.05) is 0 Å². The molecule has 0 radical (unpaired) electrons. The fraction of sp³-hybridized carbons (Fsp3) is 0.636. The Bertz CT molecular complexity index is 1020. The topological polar surface area (TPSA) is 102 Å². The number of rotatable bonds is 6. The van der Waals surface area contributed by atoms with E-state index in [9.17, 15) is 44.3 Å². The lowest BCUT2D eigenvalue weighted by atomic mass is 9.83. The summed E-state index contributed by atoms with van der Waals surface area (Å²) in [6.07, 6.45) is -8.57. The molecule has 2 amide bonds. The van der Waals surface area contributed by atoms with E-state index in [-0.39, 0.29) is 43.0 Å². The highest BCUT2D eigenvalue weighted by atomic mass is 32.2. The number of benzene rings is 1. The summed E-state index contributed by atoms with van der Waals surface area (Å²) in [4.78, 5) is 22.7. The van der Waals surface area contributed by atoms with Crippen LogP contribution in [0.25, 0.3) is 0 Å². The van der Waals surface area contributed by atoms with Gasteiger partial charge in [0.1, 0.15) is 5.60 Å². The molecule has 14 heteroatoms. The van der Waals surface area contributed by atoms with E-state index in [0.29, 0.717) is 25.7 Å². The first kappa shape index (κ1) is 29.7. The Labute approximate surface area is 205 Å². The molecule has 0 aromatic heterocycles. The van der Waals surface area contributed by atoms with Gasteiger partial charge in [-0.25, -0.2) is 17.9 Å². The second-order valence-electron chi connectivity index (χ2n) is 9.67. The zero-order chi connectivity index (χ0) is 27.5. The quantitative estimate of drug-likeness (QED) is 0.466. The zero-order valence-corrected chi connectivity index (χ0v) is 20.7. The van der Waals surface area contributed by atoms with Crippen molar-refractivity contribution < 1.29 is 49.1 Å². The Balaban J connectivity index is 1.95. The van der Waals surface area contributed by atoms with Crippen molar-refractivity contribution in [2.24, 2.45) is 5.92 Å². The van der Waals surface area contributed by atoms with Crippen LogP contribution in [0.15, 0.2) is 23.1 Å². The van der Waals surface area contributed by atoms with Crippen molar-refractivity contribution in [2.45, 2.75) is 88.2 Å². The number of amides is 2. The molecule has 1 aromatic carbocycles. The largest absolute Gasteiger partial charge is 0.444 e. The van der Waals surface area contributed by atoms with E-state index >= 15 is 0 Å². The normalized spacial score (nSPS) is 19.5. The third-order valence-corrected chi connectivity index (χ3v) is 6.82. The number of alkyl carbamates (subject to hydrolysis) is 1. The summed E-state index contributed by atoms with van der Waals surface area (Å²) in [6, 6.07) is -0.225. The molecule has 204 valence electrons. The summed E-state index contributed by atoms with van der Waals surface area (Å²) in [7, 11) is -4.98. The summed E-state index contributed by atoms with van der Waals surface area (Å²) in [5.74, 6) is -1.02. The van der Waals surface area contributed by atoms with Gasteiger partial charge < -0.3 is 10.1 Å². The van der Waals surface area contributed by atoms with E-state index in [2.05, 4.69) is 5.32 Å². The molecule has 1 fully saturated rings. The Kier molecular flexibility index (Phi) is 8.96. The minimum Gasteiger partial charge on any atom is -0.444 e. The van der Waals surface area contributed by atoms with Crippen molar-refractivity contribution in [1.29, 1.82) is 0 Å². The minimum atomic E-state index is -5.23. The van der Waals surface area contributed by atoms with Gasteiger partial charge in [0.2, 0.25) is 5.91 Å². The van der Waals surface area contributed by atoms with Gasteiger partial charge in [-0.1, -0.05) is 0 Å². The number of nitrogens with one attached hydrogen (secondary N) is 2. The molecule has 1 aliphatic rings. The molecule has 1 aromatic rings. The first-order valence-corrected chi connectivity index (χ1v) is 12.6. The standard InChI is InChI=1S/C22H28F6N2O5S/c1-20(2,3)35-19(32)29-16-7-4-13(5-8-16)6-9-18(31)30-36(33,34)17-11-14(21(23,24)25)10-15(12-17)22(26,27)28/h10-13,16H,4-9H2,1-3H3,(H,29,32)(H,30,31). The van der Waals surface area contributed by atoms with Crippen LogP contribution in [-0.2, 0) is 31.9 Å². The number of carbonyl (C=O) groups excluding carboxylic acids is 2. The third kappa shape index (κ3) is 9.17. The molecular weight excluding hydrogens is 518 g/mol. The molecule has 2 N–H and O–H groups in total. The highest BCUT2D eigenvalue weighted by Crippen LogP contribution is 2.37. The van der Waals surface area contributed by atoms with Gasteiger partial charge in [0, 0.05) is 12.5 Å². The lowest BCUT2D eigenvalue weighted by Crippen LogP contribution is -2.41. The molecule has 0 atom stereocenters. The van der Waals surface area contributed by atoms with Gasteiger partial charge >= 0.3 is 18.4 Å². The molecule has 0 heterocycles. The summed E-state index contributed by atoms with van der Waals surface area (Å²) in [5.41, 5.74) is -4.25. The number of carbonyl (C=O) groups is 2. The van der Waals surface area contributed by atoms with Crippen LogP contribution in [0.1, 0.15) is 70.4 Å². The average Bonchev–Trinajstić information content (AvgIpc) is 2.70. The van der Waals surface area contributed by atoms with Gasteiger partial charge in [-0.05, 0) is 77.0 Å². The van der Waals surface area contributed by atoms with Gasteiger partial charge in [0.25, 0.3) is 10.0 Å². The molecule has 7 nitrogen and oxygen atoms in total. The predicted octanol–water partition coefficient (Wildman–Crippen LogP) is 5.39. The Morgan fingerprint density at radius 1 is 0.917 bits per heavy atom. The zero-order valence-electron chi connectivity index (χ0n) is 19.8. The van der Waals surface area contributed by atoms with E-state index in [1.165, 1.54) is 0 Å². The summed E-state index contributed by atoms with van der Waals surface area (Å²) >= 11 is 0. The van der Waals surface area contributed by atoms with Crippen molar-refractivity contribution in [3.05, 3.63) is 29.3 Å². The molecule has 0 unspecified atom stereocenters. The van der Waals surface area contributed by atoms with Crippen LogP contribution in [0.2, 0.25) is 0 Å². The predicted molar refractivity (Wildman–Crippen MR) is 116 cm³/mol. The van der Waals surface area contributed by atoms with Crippen LogP contribution in [0.3, 0.4) is 0 Å². The Morgan fingerprint density at radius 2 is 1.42 bits per heavy atom. The fourth-order valence-corrected chi connectivity index (χ4v) is 4.83. The number of sulfonamides is 1. The van der Waals surface area contributed by atoms with Crippen LogP contribution in [0.5, 0.6) is 0 Å². The van der Waals surface area contributed by atoms with Crippen LogP contribution in [-0.4, -0.2) is 32.1 Å². The monoisotopic (exact) mass is 546 g/mol. The van der Waals surface area contributed by atoms with E-state index in [0.717, 1.165) is 0 Å². The Morgan fingerprint density at radius 3 is 1.86 bits per heavy atom. The molecule has 0 bridgehead atoms. The molecule has 36 heavy (non-hydrogen) atoms. The molecule has 0 spiro atoms. The van der Waals surface area contributed by atoms with E-state index < -0.39 is 56.0 Å². The second-order valence-corrected chi connectivity index (χ2v) is 11.4. The van der Waals surface area contributed by atoms with Crippen LogP contribution >= 0.6 is 0 Å². The molecule has 0 aliphatic heterocycles. The van der Waals surface area contributed by atoms with Crippen molar-refractivity contribution in [1.82, 2.24) is 10.0 Å². The maximum atomic E-state index is 13.0. The SMILES string of the molecule is CC(C)(C)OC(=O)NC1CCC(CCC(=O)NS(=O)(=O)c2cc(C(F)(F)F)cc(C(F)(F)F)c2)CC1. The molecule has 2 rings (SSSR count). The van der Waals surface area contributed by atoms with Crippen LogP contribution < -0.4 is 10.0 Å². The summed E-state index contributed by atoms with van der Waals surface area (Å²) in [6.45, 7) is 5.20. The number of ether oxygens (including phenoxy) is 1. The van der Waals surface area contributed by atoms with Gasteiger partial charge in [-0.3, -0.25) is 4.79 Å². The summed E-state index contributed by atoms with van der Waals surface area (Å²) < 4.78 is 110. The van der Waals surface area contributed by atoms with Crippen molar-refractivity contribution in [3.8, 4) is 0 Å². The first-order chi connectivity index (χ1) is 16.3. The van der Waals surface area contributed by atoms with Crippen LogP contribution in [0.4, 0.5) is 31.1 Å². The fourth-order valence-electron chi connectivity index (χ4n) is 3.75. The lowest BCUT2D eigenvalue weighted by Gasteiger charge is -2.30. The smallest absolute Gasteiger partial charge is 0.416 e.